The Morgan fingerprint density at radius 3 is 2.44 bits per heavy atom. The fourth-order valence-electron chi connectivity index (χ4n) is 1.14. The number of nitrogens with two attached hydrogens (primary N) is 1. The molecule has 0 aliphatic rings. The van der Waals surface area contributed by atoms with Crippen molar-refractivity contribution in [2.75, 3.05) is 5.75 Å². The van der Waals surface area contributed by atoms with Crippen molar-refractivity contribution in [1.82, 2.24) is 0 Å². The summed E-state index contributed by atoms with van der Waals surface area (Å²) < 4.78 is 4.43. The summed E-state index contributed by atoms with van der Waals surface area (Å²) in [6.45, 7) is 3.53. The second-order valence-electron chi connectivity index (χ2n) is 4.05. The second-order valence-corrected chi connectivity index (χ2v) is 5.09. The Morgan fingerprint density at radius 2 is 1.89 bits per heavy atom. The van der Waals surface area contributed by atoms with Crippen LogP contribution in [0.1, 0.15) is 46.0 Å². The lowest BCUT2D eigenvalue weighted by Gasteiger charge is -2.04. The van der Waals surface area contributed by atoms with Crippen molar-refractivity contribution in [3.05, 3.63) is 0 Å². The van der Waals surface area contributed by atoms with Gasteiger partial charge in [0.05, 0.1) is 5.75 Å². The van der Waals surface area contributed by atoms with Gasteiger partial charge in [-0.1, -0.05) is 37.9 Å². The Morgan fingerprint density at radius 1 is 1.22 bits per heavy atom. The van der Waals surface area contributed by atoms with Crippen LogP contribution < -0.4 is 5.73 Å². The molecule has 0 radical (unpaired) electrons. The Kier molecular flexibility index (Phi) is 9.59. The normalized spacial score (nSPS) is 11.9. The first kappa shape index (κ1) is 17.1. The summed E-state index contributed by atoms with van der Waals surface area (Å²) in [5.74, 6) is -1.62. The third kappa shape index (κ3) is 9.18. The first-order chi connectivity index (χ1) is 8.47. The quantitative estimate of drug-likeness (QED) is 0.411. The molecule has 1 atom stereocenters. The summed E-state index contributed by atoms with van der Waals surface area (Å²) in [7, 11) is 0. The summed E-state index contributed by atoms with van der Waals surface area (Å²) in [4.78, 5) is 33.5. The van der Waals surface area contributed by atoms with Crippen LogP contribution >= 0.6 is 11.8 Å². The van der Waals surface area contributed by atoms with E-state index in [4.69, 9.17) is 5.73 Å². The summed E-state index contributed by atoms with van der Waals surface area (Å²) in [6, 6.07) is -0.830. The fraction of sp³-hybridized carbons (Fsp3) is 0.750. The number of esters is 2. The van der Waals surface area contributed by atoms with Crippen molar-refractivity contribution in [3.8, 4) is 0 Å². The number of thioether (sulfide) groups is 1. The van der Waals surface area contributed by atoms with Crippen LogP contribution in [0.2, 0.25) is 0 Å². The largest absolute Gasteiger partial charge is 0.391 e. The molecule has 0 unspecified atom stereocenters. The first-order valence-corrected chi connectivity index (χ1v) is 7.11. The van der Waals surface area contributed by atoms with E-state index in [0.717, 1.165) is 37.4 Å². The van der Waals surface area contributed by atoms with Gasteiger partial charge >= 0.3 is 11.9 Å². The minimum absolute atomic E-state index is 0.0451. The van der Waals surface area contributed by atoms with Crippen molar-refractivity contribution >= 4 is 28.8 Å². The summed E-state index contributed by atoms with van der Waals surface area (Å²) >= 11 is 0.890. The van der Waals surface area contributed by atoms with Crippen LogP contribution in [0.15, 0.2) is 0 Å². The zero-order valence-corrected chi connectivity index (χ0v) is 11.8. The van der Waals surface area contributed by atoms with E-state index in [1.54, 1.807) is 0 Å². The first-order valence-electron chi connectivity index (χ1n) is 6.13. The van der Waals surface area contributed by atoms with Gasteiger partial charge in [-0.2, -0.15) is 0 Å². The number of hydrogen-bond donors (Lipinski definition) is 1. The molecule has 0 aromatic carbocycles. The number of carbonyl (C=O) groups is 3. The Bertz CT molecular complexity index is 292. The lowest BCUT2D eigenvalue weighted by molar-refractivity contribution is -0.158. The maximum absolute atomic E-state index is 11.4. The van der Waals surface area contributed by atoms with Crippen LogP contribution in [-0.4, -0.2) is 28.8 Å². The van der Waals surface area contributed by atoms with Crippen molar-refractivity contribution in [1.29, 1.82) is 0 Å². The smallest absolute Gasteiger partial charge is 0.330 e. The van der Waals surface area contributed by atoms with Gasteiger partial charge in [0, 0.05) is 6.42 Å². The van der Waals surface area contributed by atoms with Crippen LogP contribution in [0, 0.1) is 0 Å². The molecule has 5 nitrogen and oxygen atoms in total. The van der Waals surface area contributed by atoms with E-state index in [0.29, 0.717) is 6.42 Å². The zero-order chi connectivity index (χ0) is 14.0. The van der Waals surface area contributed by atoms with Gasteiger partial charge in [0.15, 0.2) is 5.12 Å². The number of ether oxygens (including phenoxy) is 1. The van der Waals surface area contributed by atoms with Crippen LogP contribution in [0.4, 0.5) is 0 Å². The van der Waals surface area contributed by atoms with Crippen LogP contribution in [0.25, 0.3) is 0 Å². The van der Waals surface area contributed by atoms with Gasteiger partial charge in [-0.15, -0.1) is 0 Å². The van der Waals surface area contributed by atoms with Crippen molar-refractivity contribution in [3.63, 3.8) is 0 Å². The SMILES string of the molecule is CCCCCCC(=O)SCC(=O)OC(=O)[C@H](C)N. The number of unbranched alkanes of at least 4 members (excludes halogenated alkanes) is 3. The van der Waals surface area contributed by atoms with Gasteiger partial charge in [0.1, 0.15) is 6.04 Å². The molecule has 0 bridgehead atoms. The van der Waals surface area contributed by atoms with Gasteiger partial charge in [0.2, 0.25) is 0 Å². The highest BCUT2D eigenvalue weighted by atomic mass is 32.2. The average Bonchev–Trinajstić information content (AvgIpc) is 2.32. The van der Waals surface area contributed by atoms with Crippen molar-refractivity contribution in [2.24, 2.45) is 5.73 Å². The monoisotopic (exact) mass is 275 g/mol. The number of hydrogen-bond acceptors (Lipinski definition) is 6. The molecule has 0 heterocycles. The highest BCUT2D eigenvalue weighted by Crippen LogP contribution is 2.11. The average molecular weight is 275 g/mol. The summed E-state index contributed by atoms with van der Waals surface area (Å²) in [5.41, 5.74) is 5.23. The zero-order valence-electron chi connectivity index (χ0n) is 10.9. The van der Waals surface area contributed by atoms with E-state index in [9.17, 15) is 14.4 Å². The molecule has 2 N–H and O–H groups in total. The van der Waals surface area contributed by atoms with Gasteiger partial charge in [-0.25, -0.2) is 4.79 Å². The predicted octanol–water partition coefficient (Wildman–Crippen LogP) is 1.63. The standard InChI is InChI=1S/C12H21NO4S/c1-3-4-5-6-7-11(15)18-8-10(14)17-12(16)9(2)13/h9H,3-8,13H2,1-2H3/t9-/m0/s1. The van der Waals surface area contributed by atoms with Crippen LogP contribution in [-0.2, 0) is 19.1 Å². The summed E-state index contributed by atoms with van der Waals surface area (Å²) in [6.07, 6.45) is 4.55. The second kappa shape index (κ2) is 10.1. The molecule has 0 aliphatic heterocycles. The Labute approximate surface area is 112 Å². The third-order valence-electron chi connectivity index (χ3n) is 2.17. The molecule has 0 saturated carbocycles. The molecule has 6 heteroatoms. The molecule has 0 aromatic heterocycles. The molecule has 104 valence electrons. The highest BCUT2D eigenvalue weighted by molar-refractivity contribution is 8.14. The molecule has 0 fully saturated rings. The minimum atomic E-state index is -0.830. The number of rotatable bonds is 8. The fourth-order valence-corrected chi connectivity index (χ4v) is 1.77. The Hall–Kier alpha value is -0.880. The molecular weight excluding hydrogens is 254 g/mol. The van der Waals surface area contributed by atoms with Gasteiger partial charge < -0.3 is 10.5 Å². The maximum atomic E-state index is 11.4. The Balaban J connectivity index is 3.65. The van der Waals surface area contributed by atoms with Crippen LogP contribution in [0.3, 0.4) is 0 Å². The number of carbonyl (C=O) groups excluding carboxylic acids is 3. The molecule has 18 heavy (non-hydrogen) atoms. The minimum Gasteiger partial charge on any atom is -0.391 e. The van der Waals surface area contributed by atoms with Gasteiger partial charge in [0.25, 0.3) is 0 Å². The van der Waals surface area contributed by atoms with E-state index in [1.807, 2.05) is 0 Å². The van der Waals surface area contributed by atoms with E-state index >= 15 is 0 Å². The molecular formula is C12H21NO4S. The molecule has 0 spiro atoms. The van der Waals surface area contributed by atoms with E-state index in [1.165, 1.54) is 6.92 Å². The van der Waals surface area contributed by atoms with Crippen LogP contribution in [0.5, 0.6) is 0 Å². The lowest BCUT2D eigenvalue weighted by atomic mass is 10.2. The van der Waals surface area contributed by atoms with E-state index in [2.05, 4.69) is 11.7 Å². The molecule has 0 aromatic rings. The topological polar surface area (TPSA) is 86.5 Å². The predicted molar refractivity (Wildman–Crippen MR) is 71.0 cm³/mol. The molecule has 0 amide bonds. The van der Waals surface area contributed by atoms with Gasteiger partial charge in [-0.3, -0.25) is 9.59 Å². The summed E-state index contributed by atoms with van der Waals surface area (Å²) in [5, 5.41) is -0.0451. The molecule has 0 rings (SSSR count). The van der Waals surface area contributed by atoms with E-state index in [-0.39, 0.29) is 10.9 Å². The third-order valence-corrected chi connectivity index (χ3v) is 3.08. The maximum Gasteiger partial charge on any atom is 0.330 e. The van der Waals surface area contributed by atoms with Gasteiger partial charge in [-0.05, 0) is 13.3 Å². The lowest BCUT2D eigenvalue weighted by Crippen LogP contribution is -2.31. The highest BCUT2D eigenvalue weighted by Gasteiger charge is 2.15. The molecule has 0 saturated heterocycles. The van der Waals surface area contributed by atoms with Crippen molar-refractivity contribution < 1.29 is 19.1 Å². The van der Waals surface area contributed by atoms with Crippen molar-refractivity contribution in [2.45, 2.75) is 52.0 Å². The van der Waals surface area contributed by atoms with E-state index < -0.39 is 18.0 Å². The molecule has 0 aliphatic carbocycles.